The number of alkyl halides is 2. The number of rotatable bonds is 13. The fourth-order valence-electron chi connectivity index (χ4n) is 4.34. The van der Waals surface area contributed by atoms with Crippen LogP contribution < -0.4 is 19.5 Å². The van der Waals surface area contributed by atoms with Crippen LogP contribution in [0.15, 0.2) is 54.1 Å². The first-order chi connectivity index (χ1) is 18.5. The molecule has 2 aromatic carbocycles. The van der Waals surface area contributed by atoms with E-state index in [-0.39, 0.29) is 29.1 Å². The smallest absolute Gasteiger partial charge is 0.387 e. The van der Waals surface area contributed by atoms with Gasteiger partial charge in [0.25, 0.3) is 11.8 Å². The Morgan fingerprint density at radius 3 is 2.26 bits per heavy atom. The molecule has 0 radical (unpaired) electrons. The summed E-state index contributed by atoms with van der Waals surface area (Å²) in [6.07, 6.45) is 4.47. The molecule has 0 bridgehead atoms. The van der Waals surface area contributed by atoms with E-state index in [1.165, 1.54) is 31.2 Å². The van der Waals surface area contributed by atoms with E-state index in [9.17, 15) is 26.8 Å². The van der Waals surface area contributed by atoms with E-state index in [0.29, 0.717) is 17.9 Å². The Morgan fingerprint density at radius 2 is 1.67 bits per heavy atom. The quantitative estimate of drug-likeness (QED) is 0.265. The average Bonchev–Trinajstić information content (AvgIpc) is 2.88. The molecule has 2 aromatic rings. The van der Waals surface area contributed by atoms with Gasteiger partial charge in [-0.15, -0.1) is 0 Å². The average molecular weight is 565 g/mol. The zero-order valence-corrected chi connectivity index (χ0v) is 23.1. The number of unbranched alkanes of at least 4 members (excludes halogenated alkanes) is 3. The Bertz CT molecular complexity index is 1290. The van der Waals surface area contributed by atoms with E-state index in [1.54, 1.807) is 6.92 Å². The first-order valence-electron chi connectivity index (χ1n) is 12.9. The molecule has 39 heavy (non-hydrogen) atoms. The van der Waals surface area contributed by atoms with Gasteiger partial charge in [0.1, 0.15) is 17.1 Å². The first-order valence-corrected chi connectivity index (χ1v) is 14.5. The van der Waals surface area contributed by atoms with Gasteiger partial charge in [0, 0.05) is 6.42 Å². The van der Waals surface area contributed by atoms with Crippen molar-refractivity contribution in [3.8, 4) is 11.5 Å². The van der Waals surface area contributed by atoms with E-state index < -0.39 is 34.0 Å². The molecule has 1 heterocycles. The van der Waals surface area contributed by atoms with Crippen molar-refractivity contribution in [3.63, 3.8) is 0 Å². The molecule has 0 spiro atoms. The van der Waals surface area contributed by atoms with Crippen LogP contribution in [0.5, 0.6) is 11.5 Å². The Labute approximate surface area is 227 Å². The van der Waals surface area contributed by atoms with Gasteiger partial charge in [-0.25, -0.2) is 13.1 Å². The Kier molecular flexibility index (Phi) is 10.1. The van der Waals surface area contributed by atoms with E-state index in [4.69, 9.17) is 4.74 Å². The number of carbonyl (C=O) groups is 2. The molecule has 0 aliphatic carbocycles. The molecule has 11 heteroatoms. The van der Waals surface area contributed by atoms with Gasteiger partial charge in [-0.3, -0.25) is 9.59 Å². The molecule has 0 saturated carbocycles. The zero-order valence-electron chi connectivity index (χ0n) is 22.3. The molecule has 1 atom stereocenters. The van der Waals surface area contributed by atoms with Gasteiger partial charge in [-0.2, -0.15) is 8.78 Å². The number of sulfonamides is 1. The first kappa shape index (κ1) is 30.1. The van der Waals surface area contributed by atoms with Gasteiger partial charge >= 0.3 is 6.61 Å². The summed E-state index contributed by atoms with van der Waals surface area (Å²) in [6.45, 7) is 2.89. The summed E-state index contributed by atoms with van der Waals surface area (Å²) in [4.78, 5) is 26.3. The molecule has 212 valence electrons. The minimum absolute atomic E-state index is 0.0952. The summed E-state index contributed by atoms with van der Waals surface area (Å²) in [6, 6.07) is 12.8. The van der Waals surface area contributed by atoms with Crippen LogP contribution >= 0.6 is 0 Å². The van der Waals surface area contributed by atoms with Gasteiger partial charge < -0.3 is 14.8 Å². The molecule has 1 aliphatic heterocycles. The third kappa shape index (κ3) is 8.01. The lowest BCUT2D eigenvalue weighted by molar-refractivity contribution is -0.124. The van der Waals surface area contributed by atoms with Crippen molar-refractivity contribution in [2.24, 2.45) is 0 Å². The number of benzene rings is 2. The molecule has 0 saturated heterocycles. The summed E-state index contributed by atoms with van der Waals surface area (Å²) in [5.41, 5.74) is 0.0789. The highest BCUT2D eigenvalue weighted by molar-refractivity contribution is 7.90. The van der Waals surface area contributed by atoms with E-state index >= 15 is 0 Å². The fraction of sp³-hybridized carbons (Fsp3) is 0.429. The number of carbonyl (C=O) groups excluding carboxylic acids is 2. The summed E-state index contributed by atoms with van der Waals surface area (Å²) in [7, 11) is -3.95. The molecule has 1 aliphatic rings. The second kappa shape index (κ2) is 13.1. The molecule has 0 fully saturated rings. The van der Waals surface area contributed by atoms with Crippen molar-refractivity contribution in [2.45, 2.75) is 65.0 Å². The third-order valence-corrected chi connectivity index (χ3v) is 7.75. The van der Waals surface area contributed by atoms with Crippen LogP contribution in [-0.4, -0.2) is 39.2 Å². The minimum Gasteiger partial charge on any atom is -0.494 e. The van der Waals surface area contributed by atoms with E-state index in [1.807, 2.05) is 29.0 Å². The van der Waals surface area contributed by atoms with Crippen LogP contribution in [0.1, 0.15) is 64.0 Å². The van der Waals surface area contributed by atoms with Crippen LogP contribution in [0, 0.1) is 0 Å². The lowest BCUT2D eigenvalue weighted by Crippen LogP contribution is -2.50. The molecule has 0 aromatic heterocycles. The predicted molar refractivity (Wildman–Crippen MR) is 144 cm³/mol. The molecular formula is C28H34F2N2O6S. The van der Waals surface area contributed by atoms with E-state index in [2.05, 4.69) is 17.0 Å². The topological polar surface area (TPSA) is 111 Å². The van der Waals surface area contributed by atoms with Crippen LogP contribution in [0.25, 0.3) is 5.57 Å². The van der Waals surface area contributed by atoms with Crippen molar-refractivity contribution in [1.82, 2.24) is 10.0 Å². The van der Waals surface area contributed by atoms with Crippen molar-refractivity contribution in [2.75, 3.05) is 12.4 Å². The van der Waals surface area contributed by atoms with Crippen molar-refractivity contribution in [1.29, 1.82) is 0 Å². The zero-order chi connectivity index (χ0) is 28.6. The second-order valence-corrected chi connectivity index (χ2v) is 11.5. The SMILES string of the molecule is CCCCCCOc1ccc([C@]2(C)CC(c3ccc(OC(F)F)cc3)=C(C(=O)NS(=O)(=O)CC)C(=O)N2)cc1. The highest BCUT2D eigenvalue weighted by Crippen LogP contribution is 2.39. The van der Waals surface area contributed by atoms with Gasteiger partial charge in [-0.1, -0.05) is 50.5 Å². The molecule has 8 nitrogen and oxygen atoms in total. The van der Waals surface area contributed by atoms with Crippen molar-refractivity contribution in [3.05, 3.63) is 65.2 Å². The largest absolute Gasteiger partial charge is 0.494 e. The molecule has 2 N–H and O–H groups in total. The number of hydrogen-bond acceptors (Lipinski definition) is 6. The predicted octanol–water partition coefficient (Wildman–Crippen LogP) is 4.90. The number of nitrogens with one attached hydrogen (secondary N) is 2. The Balaban J connectivity index is 1.93. The molecule has 3 rings (SSSR count). The lowest BCUT2D eigenvalue weighted by Gasteiger charge is -2.37. The van der Waals surface area contributed by atoms with Crippen LogP contribution in [-0.2, 0) is 25.2 Å². The van der Waals surface area contributed by atoms with Gasteiger partial charge in [0.05, 0.1) is 17.9 Å². The molecular weight excluding hydrogens is 530 g/mol. The van der Waals surface area contributed by atoms with E-state index in [0.717, 1.165) is 31.2 Å². The highest BCUT2D eigenvalue weighted by Gasteiger charge is 2.40. The molecule has 2 amide bonds. The van der Waals surface area contributed by atoms with Crippen LogP contribution in [0.2, 0.25) is 0 Å². The Morgan fingerprint density at radius 1 is 1.03 bits per heavy atom. The Hall–Kier alpha value is -3.47. The maximum absolute atomic E-state index is 13.3. The normalized spacial score (nSPS) is 17.6. The van der Waals surface area contributed by atoms with Gasteiger partial charge in [0.15, 0.2) is 0 Å². The summed E-state index contributed by atoms with van der Waals surface area (Å²) < 4.78 is 61.5. The third-order valence-electron chi connectivity index (χ3n) is 6.49. The van der Waals surface area contributed by atoms with Crippen LogP contribution in [0.4, 0.5) is 8.78 Å². The minimum atomic E-state index is -3.95. The maximum Gasteiger partial charge on any atom is 0.387 e. The van der Waals surface area contributed by atoms with Crippen molar-refractivity contribution < 1.29 is 36.3 Å². The summed E-state index contributed by atoms with van der Waals surface area (Å²) in [5, 5.41) is 2.85. The monoisotopic (exact) mass is 564 g/mol. The second-order valence-electron chi connectivity index (χ2n) is 9.49. The number of amides is 2. The van der Waals surface area contributed by atoms with Gasteiger partial charge in [0.2, 0.25) is 10.0 Å². The fourth-order valence-corrected chi connectivity index (χ4v) is 4.87. The van der Waals surface area contributed by atoms with Gasteiger partial charge in [-0.05, 0) is 61.2 Å². The molecule has 0 unspecified atom stereocenters. The van der Waals surface area contributed by atoms with Crippen molar-refractivity contribution >= 4 is 27.4 Å². The summed E-state index contributed by atoms with van der Waals surface area (Å²) in [5.74, 6) is -1.58. The standard InChI is InChI=1S/C28H34F2N2O6S/c1-4-6-7-8-17-37-21-15-11-20(12-16-21)28(3)18-23(19-9-13-22(14-10-19)38-27(29)30)24(25(33)31-28)26(34)32-39(35,36)5-2/h9-16,27H,4-8,17-18H2,1-3H3,(H,31,33)(H,32,34)/t28-/m0/s1. The summed E-state index contributed by atoms with van der Waals surface area (Å²) >= 11 is 0. The maximum atomic E-state index is 13.3. The number of halogens is 2. The number of hydrogen-bond donors (Lipinski definition) is 2. The lowest BCUT2D eigenvalue weighted by atomic mass is 9.78. The number of ether oxygens (including phenoxy) is 2. The highest BCUT2D eigenvalue weighted by atomic mass is 32.2. The van der Waals surface area contributed by atoms with Crippen LogP contribution in [0.3, 0.4) is 0 Å².